The van der Waals surface area contributed by atoms with Gasteiger partial charge in [0.25, 0.3) is 0 Å². The Morgan fingerprint density at radius 3 is 1.25 bits per heavy atom. The van der Waals surface area contributed by atoms with Gasteiger partial charge in [-0.2, -0.15) is 0 Å². The van der Waals surface area contributed by atoms with Gasteiger partial charge >= 0.3 is 73.8 Å². The van der Waals surface area contributed by atoms with E-state index in [1.54, 1.807) is 0 Å². The minimum atomic E-state index is 0. The maximum Gasteiger partial charge on any atom is 3.00 e. The first kappa shape index (κ1) is 16.9. The molecule has 0 N–H and O–H groups in total. The van der Waals surface area contributed by atoms with Crippen LogP contribution in [0.4, 0.5) is 0 Å². The van der Waals surface area contributed by atoms with Crippen LogP contribution in [0.25, 0.3) is 0 Å². The molecule has 0 rings (SSSR count). The number of hydrogen-bond acceptors (Lipinski definition) is 1. The average molecular weight is 262 g/mol. The topological polar surface area (TPSA) is 23.8 Å². The summed E-state index contributed by atoms with van der Waals surface area (Å²) in [6, 6.07) is 0. The Balaban J connectivity index is -0.00000000500. The van der Waals surface area contributed by atoms with Crippen LogP contribution in [0.1, 0.15) is 0 Å². The standard InChI is InChI=1S/CN.Au.K/c1-2;;/q-1;+3;+1. The Hall–Kier alpha value is 1.87. The third kappa shape index (κ3) is 9.12. The van der Waals surface area contributed by atoms with Gasteiger partial charge in [0.2, 0.25) is 0 Å². The van der Waals surface area contributed by atoms with E-state index < -0.39 is 0 Å². The fourth-order valence-corrected chi connectivity index (χ4v) is 0. The molecule has 4 heavy (non-hydrogen) atoms. The normalized spacial score (nSPS) is 0.500. The quantitative estimate of drug-likeness (QED) is 0.339. The Morgan fingerprint density at radius 2 is 1.25 bits per heavy atom. The predicted molar refractivity (Wildman–Crippen MR) is 4.97 cm³/mol. The van der Waals surface area contributed by atoms with Crippen LogP contribution in [0.2, 0.25) is 0 Å². The molecule has 0 heterocycles. The van der Waals surface area contributed by atoms with Crippen molar-refractivity contribution in [3.05, 3.63) is 6.57 Å². The van der Waals surface area contributed by atoms with Crippen molar-refractivity contribution in [2.75, 3.05) is 0 Å². The zero-order chi connectivity index (χ0) is 2.00. The van der Waals surface area contributed by atoms with Gasteiger partial charge in [0.1, 0.15) is 0 Å². The van der Waals surface area contributed by atoms with E-state index in [9.17, 15) is 0 Å². The van der Waals surface area contributed by atoms with Crippen LogP contribution in [-0.4, -0.2) is 0 Å². The monoisotopic (exact) mass is 262 g/mol. The van der Waals surface area contributed by atoms with Gasteiger partial charge in [-0.3, -0.25) is 0 Å². The molecule has 0 saturated heterocycles. The first-order chi connectivity index (χ1) is 1.00. The molecule has 0 amide bonds. The van der Waals surface area contributed by atoms with E-state index in [2.05, 4.69) is 0 Å². The number of hydrogen-bond donors (Lipinski definition) is 0. The van der Waals surface area contributed by atoms with E-state index in [0.29, 0.717) is 0 Å². The van der Waals surface area contributed by atoms with E-state index >= 15 is 0 Å². The molecule has 0 bridgehead atoms. The first-order valence-corrected chi connectivity index (χ1v) is 0.224. The molecule has 0 aliphatic heterocycles. The molecule has 0 unspecified atom stereocenters. The Bertz CT molecular complexity index is 12.8. The molecule has 0 aliphatic rings. The van der Waals surface area contributed by atoms with Gasteiger partial charge in [0.15, 0.2) is 0 Å². The van der Waals surface area contributed by atoms with E-state index in [4.69, 9.17) is 11.8 Å². The molecule has 0 aliphatic carbocycles. The molecule has 3 heteroatoms. The second-order valence-electron chi connectivity index (χ2n) is 0. The van der Waals surface area contributed by atoms with Crippen LogP contribution in [0, 0.1) is 11.8 Å². The fraction of sp³-hybridized carbons (Fsp3) is 0. The summed E-state index contributed by atoms with van der Waals surface area (Å²) in [5, 5.41) is 6.25. The maximum atomic E-state index is 6.25. The molecule has 1 nitrogen and oxygen atoms in total. The summed E-state index contributed by atoms with van der Waals surface area (Å²) in [5.74, 6) is 0. The Morgan fingerprint density at radius 1 is 1.25 bits per heavy atom. The minimum absolute atomic E-state index is 0. The summed E-state index contributed by atoms with van der Waals surface area (Å²) >= 11 is 0. The van der Waals surface area contributed by atoms with Crippen molar-refractivity contribution in [1.82, 2.24) is 0 Å². The zero-order valence-electron chi connectivity index (χ0n) is 2.25. The van der Waals surface area contributed by atoms with Gasteiger partial charge < -0.3 is 11.8 Å². The van der Waals surface area contributed by atoms with Crippen LogP contribution >= 0.6 is 0 Å². The molecule has 0 aromatic rings. The molecule has 0 spiro atoms. The second kappa shape index (κ2) is 20.9. The van der Waals surface area contributed by atoms with Crippen molar-refractivity contribution in [3.63, 3.8) is 0 Å². The SMILES string of the molecule is [Au+3].[C-]#N.[K+]. The summed E-state index contributed by atoms with van der Waals surface area (Å²) in [6.45, 7) is 4.75. The van der Waals surface area contributed by atoms with Gasteiger partial charge in [-0.1, -0.05) is 0 Å². The average Bonchev–Trinajstić information content (AvgIpc) is 1.00. The van der Waals surface area contributed by atoms with Crippen molar-refractivity contribution in [3.8, 4) is 0 Å². The van der Waals surface area contributed by atoms with Crippen molar-refractivity contribution < 1.29 is 73.8 Å². The molecule has 0 atom stereocenters. The maximum absolute atomic E-state index is 6.25. The summed E-state index contributed by atoms with van der Waals surface area (Å²) in [5.41, 5.74) is 0. The van der Waals surface area contributed by atoms with Crippen molar-refractivity contribution in [1.29, 1.82) is 5.26 Å². The molecule has 0 aromatic carbocycles. The summed E-state index contributed by atoms with van der Waals surface area (Å²) in [6.07, 6.45) is 0. The van der Waals surface area contributed by atoms with Crippen LogP contribution in [0.5, 0.6) is 0 Å². The third-order valence-corrected chi connectivity index (χ3v) is 0. The third-order valence-electron chi connectivity index (χ3n) is 0. The fourth-order valence-electron chi connectivity index (χ4n) is 0. The molecule has 0 radical (unpaired) electrons. The van der Waals surface area contributed by atoms with E-state index in [0.717, 1.165) is 0 Å². The number of nitrogens with zero attached hydrogens (tertiary/aromatic N) is 1. The molecule has 0 saturated carbocycles. The van der Waals surface area contributed by atoms with Gasteiger partial charge in [0, 0.05) is 0 Å². The van der Waals surface area contributed by atoms with Gasteiger partial charge in [-0.05, 0) is 0 Å². The molecule has 0 aromatic heterocycles. The van der Waals surface area contributed by atoms with Crippen molar-refractivity contribution >= 4 is 0 Å². The Kier molecular flexibility index (Phi) is 88.3. The van der Waals surface area contributed by atoms with E-state index in [1.807, 2.05) is 0 Å². The zero-order valence-corrected chi connectivity index (χ0v) is 7.54. The van der Waals surface area contributed by atoms with Gasteiger partial charge in [-0.15, -0.1) is 0 Å². The molecule has 0 fully saturated rings. The van der Waals surface area contributed by atoms with E-state index in [-0.39, 0.29) is 73.8 Å². The van der Waals surface area contributed by atoms with Crippen LogP contribution in [0.15, 0.2) is 0 Å². The minimum Gasteiger partial charge on any atom is -0.512 e. The van der Waals surface area contributed by atoms with Gasteiger partial charge in [-0.25, -0.2) is 0 Å². The Labute approximate surface area is 83.7 Å². The summed E-state index contributed by atoms with van der Waals surface area (Å²) < 4.78 is 0. The van der Waals surface area contributed by atoms with Crippen LogP contribution in [0.3, 0.4) is 0 Å². The molecular weight excluding hydrogens is 262 g/mol. The van der Waals surface area contributed by atoms with E-state index in [1.165, 1.54) is 0 Å². The predicted octanol–water partition coefficient (Wildman–Crippen LogP) is -2.90. The van der Waals surface area contributed by atoms with Crippen molar-refractivity contribution in [2.24, 2.45) is 0 Å². The summed E-state index contributed by atoms with van der Waals surface area (Å²) in [7, 11) is 0. The van der Waals surface area contributed by atoms with Gasteiger partial charge in [0.05, 0.1) is 0 Å². The smallest absolute Gasteiger partial charge is 0.512 e. The second-order valence-corrected chi connectivity index (χ2v) is 0. The molecular formula is CAuKN+3. The summed E-state index contributed by atoms with van der Waals surface area (Å²) in [4.78, 5) is 0. The van der Waals surface area contributed by atoms with Crippen LogP contribution in [-0.2, 0) is 22.4 Å². The van der Waals surface area contributed by atoms with Crippen molar-refractivity contribution in [2.45, 2.75) is 0 Å². The molecule has 18 valence electrons. The number of rotatable bonds is 0. The first-order valence-electron chi connectivity index (χ1n) is 0.224. The van der Waals surface area contributed by atoms with Crippen LogP contribution < -0.4 is 51.4 Å². The largest absolute Gasteiger partial charge is 3.00 e.